The summed E-state index contributed by atoms with van der Waals surface area (Å²) in [5, 5.41) is 22.8. The molecule has 4 atom stereocenters. The highest BCUT2D eigenvalue weighted by molar-refractivity contribution is 6.03. The molecule has 20 nitrogen and oxygen atoms in total. The van der Waals surface area contributed by atoms with Gasteiger partial charge in [0.25, 0.3) is 5.56 Å². The molecule has 2 aromatic heterocycles. The minimum Gasteiger partial charge on any atom is -0.458 e. The SMILES string of the molecule is CC[C@@]1(O)C(=O)OCc2c1cc1n(c2=O)Cc2c-1nc1cc(F)c(C)c3c1c2[C@@H](NC(=O)COCNC(=O)CCC(=O)[C@H](Cc1ccccc1)NC(=O)CCC(=O)CNC(=O)CCCCCN1C(=O)CC(C)C1=O)CC3. The van der Waals surface area contributed by atoms with E-state index in [4.69, 9.17) is 14.5 Å². The molecule has 1 saturated heterocycles. The number of cyclic esters (lactones) is 1. The highest BCUT2D eigenvalue weighted by Crippen LogP contribution is 2.46. The fourth-order valence-corrected chi connectivity index (χ4v) is 10.5. The first-order chi connectivity index (χ1) is 36.4. The summed E-state index contributed by atoms with van der Waals surface area (Å²) in [6.45, 7) is 3.95. The predicted octanol–water partition coefficient (Wildman–Crippen LogP) is 3.22. The summed E-state index contributed by atoms with van der Waals surface area (Å²) in [7, 11) is 0. The van der Waals surface area contributed by atoms with Crippen molar-refractivity contribution in [3.63, 3.8) is 0 Å². The van der Waals surface area contributed by atoms with Gasteiger partial charge in [-0.05, 0) is 73.8 Å². The molecular weight excluding hydrogens is 986 g/mol. The quantitative estimate of drug-likeness (QED) is 0.0257. The summed E-state index contributed by atoms with van der Waals surface area (Å²) in [5.74, 6) is -4.79. The van der Waals surface area contributed by atoms with Gasteiger partial charge in [-0.25, -0.2) is 14.2 Å². The number of carbonyl (C=O) groups is 9. The van der Waals surface area contributed by atoms with Gasteiger partial charge in [0.15, 0.2) is 17.2 Å². The average molecular weight is 1050 g/mol. The van der Waals surface area contributed by atoms with Crippen molar-refractivity contribution in [3.05, 3.63) is 97.6 Å². The van der Waals surface area contributed by atoms with E-state index in [-0.39, 0.29) is 118 Å². The number of rotatable bonds is 24. The van der Waals surface area contributed by atoms with Crippen LogP contribution in [0.4, 0.5) is 4.39 Å². The zero-order chi connectivity index (χ0) is 54.4. The number of benzene rings is 2. The number of nitrogens with one attached hydrogen (secondary N) is 4. The summed E-state index contributed by atoms with van der Waals surface area (Å²) in [6.07, 6.45) is 1.99. The maximum atomic E-state index is 15.4. The molecule has 4 aliphatic rings. The average Bonchev–Trinajstić information content (AvgIpc) is 3.97. The number of nitrogens with zero attached hydrogens (tertiary/aromatic N) is 3. The van der Waals surface area contributed by atoms with Crippen LogP contribution in [0, 0.1) is 18.7 Å². The van der Waals surface area contributed by atoms with Crippen LogP contribution < -0.4 is 26.8 Å². The lowest BCUT2D eigenvalue weighted by Crippen LogP contribution is -2.44. The lowest BCUT2D eigenvalue weighted by molar-refractivity contribution is -0.172. The summed E-state index contributed by atoms with van der Waals surface area (Å²) >= 11 is 0. The van der Waals surface area contributed by atoms with E-state index in [1.54, 1.807) is 57.2 Å². The third-order valence-corrected chi connectivity index (χ3v) is 14.8. The number of hydrogen-bond acceptors (Lipinski definition) is 14. The Kier molecular flexibility index (Phi) is 17.0. The molecule has 5 heterocycles. The van der Waals surface area contributed by atoms with E-state index < -0.39 is 65.1 Å². The van der Waals surface area contributed by atoms with Crippen molar-refractivity contribution in [3.8, 4) is 11.4 Å². The summed E-state index contributed by atoms with van der Waals surface area (Å²) in [5.41, 5.74) is 1.99. The van der Waals surface area contributed by atoms with Gasteiger partial charge in [0.05, 0.1) is 47.6 Å². The van der Waals surface area contributed by atoms with E-state index in [0.29, 0.717) is 77.6 Å². The van der Waals surface area contributed by atoms with E-state index in [1.807, 2.05) is 0 Å². The Morgan fingerprint density at radius 1 is 0.908 bits per heavy atom. The van der Waals surface area contributed by atoms with Gasteiger partial charge in [0.1, 0.15) is 25.8 Å². The monoisotopic (exact) mass is 1050 g/mol. The van der Waals surface area contributed by atoms with Gasteiger partial charge >= 0.3 is 5.97 Å². The van der Waals surface area contributed by atoms with E-state index >= 15 is 4.39 Å². The number of esters is 1. The van der Waals surface area contributed by atoms with Crippen LogP contribution >= 0.6 is 0 Å². The minimum absolute atomic E-state index is 0.0449. The maximum absolute atomic E-state index is 15.4. The molecule has 1 aliphatic carbocycles. The van der Waals surface area contributed by atoms with Crippen molar-refractivity contribution in [2.75, 3.05) is 26.4 Å². The number of unbranched alkanes of at least 4 members (excludes halogenated alkanes) is 2. The molecule has 4 aromatic rings. The molecule has 5 N–H and O–H groups in total. The Bertz CT molecular complexity index is 3090. The third kappa shape index (κ3) is 11.8. The van der Waals surface area contributed by atoms with Crippen molar-refractivity contribution in [2.45, 2.75) is 135 Å². The van der Waals surface area contributed by atoms with Crippen molar-refractivity contribution in [2.24, 2.45) is 5.92 Å². The topological polar surface area (TPSA) is 279 Å². The normalized spacial score (nSPS) is 18.6. The zero-order valence-corrected chi connectivity index (χ0v) is 42.8. The van der Waals surface area contributed by atoms with E-state index in [9.17, 15) is 53.1 Å². The third-order valence-electron chi connectivity index (χ3n) is 14.8. The van der Waals surface area contributed by atoms with Gasteiger partial charge < -0.3 is 40.4 Å². The highest BCUT2D eigenvalue weighted by Gasteiger charge is 2.46. The predicted molar refractivity (Wildman–Crippen MR) is 270 cm³/mol. The number of pyridine rings is 2. The van der Waals surface area contributed by atoms with E-state index in [2.05, 4.69) is 21.3 Å². The number of amides is 6. The van der Waals surface area contributed by atoms with Crippen LogP contribution in [0.15, 0.2) is 47.3 Å². The molecule has 6 amide bonds. The Hall–Kier alpha value is -7.52. The molecule has 0 bridgehead atoms. The Morgan fingerprint density at radius 3 is 2.39 bits per heavy atom. The van der Waals surface area contributed by atoms with Gasteiger partial charge in [0.2, 0.25) is 35.4 Å². The summed E-state index contributed by atoms with van der Waals surface area (Å²) < 4.78 is 27.6. The number of aromatic nitrogens is 2. The summed E-state index contributed by atoms with van der Waals surface area (Å²) in [4.78, 5) is 135. The second-order valence-corrected chi connectivity index (χ2v) is 20.0. The fourth-order valence-electron chi connectivity index (χ4n) is 10.5. The molecular formula is C55H62FN7O13. The Balaban J connectivity index is 0.800. The van der Waals surface area contributed by atoms with Crippen LogP contribution in [0.25, 0.3) is 22.3 Å². The largest absolute Gasteiger partial charge is 0.458 e. The molecule has 3 aliphatic heterocycles. The number of imide groups is 1. The van der Waals surface area contributed by atoms with Gasteiger partial charge in [0, 0.05) is 73.6 Å². The van der Waals surface area contributed by atoms with Crippen molar-refractivity contribution in [1.82, 2.24) is 35.7 Å². The first-order valence-electron chi connectivity index (χ1n) is 25.8. The molecule has 1 fully saturated rings. The number of ketones is 2. The molecule has 1 unspecified atom stereocenters. The zero-order valence-electron chi connectivity index (χ0n) is 42.8. The number of aryl methyl sites for hydroxylation is 1. The van der Waals surface area contributed by atoms with Crippen LogP contribution in [0.5, 0.6) is 0 Å². The van der Waals surface area contributed by atoms with Gasteiger partial charge in [-0.3, -0.25) is 48.1 Å². The molecule has 21 heteroatoms. The summed E-state index contributed by atoms with van der Waals surface area (Å²) in [6, 6.07) is 10.2. The smallest absolute Gasteiger partial charge is 0.343 e. The molecule has 0 radical (unpaired) electrons. The van der Waals surface area contributed by atoms with Crippen molar-refractivity contribution in [1.29, 1.82) is 0 Å². The molecule has 76 heavy (non-hydrogen) atoms. The first-order valence-corrected chi connectivity index (χ1v) is 25.8. The number of Topliss-reactive ketones (excluding diaryl/α,β-unsaturated/α-hetero) is 2. The number of fused-ring (bicyclic) bond motifs is 5. The van der Waals surface area contributed by atoms with Crippen molar-refractivity contribution >= 4 is 63.9 Å². The van der Waals surface area contributed by atoms with Crippen LogP contribution in [-0.2, 0) is 84.2 Å². The molecule has 402 valence electrons. The molecule has 2 aromatic carbocycles. The van der Waals surface area contributed by atoms with Crippen molar-refractivity contribution < 1.29 is 62.1 Å². The van der Waals surface area contributed by atoms with Gasteiger partial charge in [-0.2, -0.15) is 0 Å². The maximum Gasteiger partial charge on any atom is 0.343 e. The Morgan fingerprint density at radius 2 is 1.66 bits per heavy atom. The number of halogens is 1. The number of ether oxygens (including phenoxy) is 2. The van der Waals surface area contributed by atoms with E-state index in [0.717, 1.165) is 11.1 Å². The lowest BCUT2D eigenvalue weighted by Gasteiger charge is -2.31. The van der Waals surface area contributed by atoms with Crippen LogP contribution in [0.3, 0.4) is 0 Å². The Labute approximate surface area is 436 Å². The minimum atomic E-state index is -2.05. The number of hydrogen-bond donors (Lipinski definition) is 5. The standard InChI is InChI=1S/C55H62FN7O13/c1-4-55(74)37-23-42-51-35(26-63(42)53(72)36(37)27-76-54(55)73)50-39(16-15-34-31(3)38(56)24-41(61-51)49(34)50)59-47(69)28-75-29-58-45(67)19-17-43(65)40(22-32-11-7-5-8-12-32)60-46(68)18-14-33(64)25-57-44(66)13-9-6-10-20-62-48(70)21-30(2)52(62)71/h5,7-8,11-12,23-24,30,39-40,74H,4,6,9-10,13-22,25-29H2,1-3H3,(H,57,66)(H,58,67)(H,59,69)(H,60,68)/t30?,39-,40-,55-/m0/s1. The van der Waals surface area contributed by atoms with Gasteiger partial charge in [-0.1, -0.05) is 50.6 Å². The second kappa shape index (κ2) is 23.6. The number of carbonyl (C=O) groups excluding carboxylic acids is 9. The van der Waals surface area contributed by atoms with Crippen LogP contribution in [-0.4, -0.2) is 105 Å². The molecule has 0 saturated carbocycles. The fraction of sp³-hybridized carbons (Fsp3) is 0.473. The molecule has 0 spiro atoms. The van der Waals surface area contributed by atoms with E-state index in [1.165, 1.54) is 15.5 Å². The lowest BCUT2D eigenvalue weighted by atomic mass is 9.81. The van der Waals surface area contributed by atoms with Crippen LogP contribution in [0.2, 0.25) is 0 Å². The van der Waals surface area contributed by atoms with Gasteiger partial charge in [-0.15, -0.1) is 0 Å². The number of aliphatic hydroxyl groups is 1. The van der Waals surface area contributed by atoms with Crippen LogP contribution in [0.1, 0.15) is 129 Å². The number of likely N-dealkylation sites (tertiary alicyclic amines) is 1. The first kappa shape index (κ1) is 54.7. The molecule has 8 rings (SSSR count). The highest BCUT2D eigenvalue weighted by atomic mass is 19.1. The second-order valence-electron chi connectivity index (χ2n) is 20.0.